The Bertz CT molecular complexity index is 537. The van der Waals surface area contributed by atoms with Gasteiger partial charge in [-0.3, -0.25) is 4.99 Å². The molecule has 0 atom stereocenters. The monoisotopic (exact) mass is 348 g/mol. The van der Waals surface area contributed by atoms with Crippen LogP contribution in [0.2, 0.25) is 0 Å². The summed E-state index contributed by atoms with van der Waals surface area (Å²) in [4.78, 5) is 4.39. The molecule has 1 aromatic heterocycles. The molecule has 1 heterocycles. The second kappa shape index (κ2) is 9.25. The van der Waals surface area contributed by atoms with E-state index in [2.05, 4.69) is 34.6 Å². The van der Waals surface area contributed by atoms with Crippen LogP contribution in [0.25, 0.3) is 0 Å². The molecule has 1 aliphatic rings. The molecule has 0 aromatic carbocycles. The molecule has 0 amide bonds. The quantitative estimate of drug-likeness (QED) is 0.423. The molecule has 1 saturated carbocycles. The predicted molar refractivity (Wildman–Crippen MR) is 104 cm³/mol. The van der Waals surface area contributed by atoms with Crippen LogP contribution in [0.1, 0.15) is 69.4 Å². The summed E-state index contributed by atoms with van der Waals surface area (Å²) in [5.41, 5.74) is 2.71. The SMILES string of the molecule is CN=C(NCCCc1c(C)noc1C)NCC1(CC(C)C)CCCC1. The molecule has 2 rings (SSSR count). The molecule has 142 valence electrons. The average Bonchev–Trinajstić information content (AvgIpc) is 3.14. The summed E-state index contributed by atoms with van der Waals surface area (Å²) in [7, 11) is 1.85. The molecule has 25 heavy (non-hydrogen) atoms. The van der Waals surface area contributed by atoms with Crippen LogP contribution in [-0.2, 0) is 6.42 Å². The lowest BCUT2D eigenvalue weighted by atomic mass is 9.78. The van der Waals surface area contributed by atoms with Crippen molar-refractivity contribution < 1.29 is 4.52 Å². The van der Waals surface area contributed by atoms with Crippen molar-refractivity contribution in [3.05, 3.63) is 17.0 Å². The minimum absolute atomic E-state index is 0.461. The first-order valence-corrected chi connectivity index (χ1v) is 9.82. The van der Waals surface area contributed by atoms with Crippen molar-refractivity contribution in [3.63, 3.8) is 0 Å². The van der Waals surface area contributed by atoms with Gasteiger partial charge in [0, 0.05) is 25.7 Å². The lowest BCUT2D eigenvalue weighted by molar-refractivity contribution is 0.235. The van der Waals surface area contributed by atoms with Gasteiger partial charge in [-0.05, 0) is 57.3 Å². The van der Waals surface area contributed by atoms with E-state index in [1.165, 1.54) is 37.7 Å². The third kappa shape index (κ3) is 5.75. The van der Waals surface area contributed by atoms with Gasteiger partial charge in [0.15, 0.2) is 5.96 Å². The second-order valence-corrected chi connectivity index (χ2v) is 8.06. The van der Waals surface area contributed by atoms with E-state index in [9.17, 15) is 0 Å². The Morgan fingerprint density at radius 1 is 1.24 bits per heavy atom. The zero-order valence-corrected chi connectivity index (χ0v) is 16.7. The number of aliphatic imine (C=N–C) groups is 1. The third-order valence-corrected chi connectivity index (χ3v) is 5.44. The van der Waals surface area contributed by atoms with E-state index < -0.39 is 0 Å². The van der Waals surface area contributed by atoms with Gasteiger partial charge in [0.25, 0.3) is 0 Å². The van der Waals surface area contributed by atoms with Gasteiger partial charge in [-0.1, -0.05) is 31.8 Å². The lowest BCUT2D eigenvalue weighted by Gasteiger charge is -2.32. The molecular formula is C20H36N4O. The third-order valence-electron chi connectivity index (χ3n) is 5.44. The number of rotatable bonds is 8. The van der Waals surface area contributed by atoms with Crippen molar-refractivity contribution in [2.24, 2.45) is 16.3 Å². The van der Waals surface area contributed by atoms with Gasteiger partial charge in [0.2, 0.25) is 0 Å². The molecule has 0 aliphatic heterocycles. The fourth-order valence-corrected chi connectivity index (χ4v) is 4.27. The maximum atomic E-state index is 5.23. The van der Waals surface area contributed by atoms with E-state index in [0.717, 1.165) is 49.3 Å². The fourth-order valence-electron chi connectivity index (χ4n) is 4.27. The second-order valence-electron chi connectivity index (χ2n) is 8.06. The number of nitrogens with one attached hydrogen (secondary N) is 2. The molecule has 5 heteroatoms. The van der Waals surface area contributed by atoms with Crippen LogP contribution >= 0.6 is 0 Å². The lowest BCUT2D eigenvalue weighted by Crippen LogP contribution is -2.43. The van der Waals surface area contributed by atoms with Crippen LogP contribution in [0.4, 0.5) is 0 Å². The summed E-state index contributed by atoms with van der Waals surface area (Å²) < 4.78 is 5.23. The normalized spacial score (nSPS) is 17.3. The summed E-state index contributed by atoms with van der Waals surface area (Å²) >= 11 is 0. The highest BCUT2D eigenvalue weighted by Gasteiger charge is 2.34. The Morgan fingerprint density at radius 3 is 2.52 bits per heavy atom. The van der Waals surface area contributed by atoms with Crippen LogP contribution in [0.15, 0.2) is 9.52 Å². The largest absolute Gasteiger partial charge is 0.361 e. The first-order valence-electron chi connectivity index (χ1n) is 9.82. The zero-order valence-electron chi connectivity index (χ0n) is 16.7. The summed E-state index contributed by atoms with van der Waals surface area (Å²) in [5, 5.41) is 11.1. The Kier molecular flexibility index (Phi) is 7.33. The van der Waals surface area contributed by atoms with Crippen LogP contribution in [0, 0.1) is 25.2 Å². The van der Waals surface area contributed by atoms with Gasteiger partial charge in [0.05, 0.1) is 5.69 Å². The van der Waals surface area contributed by atoms with E-state index in [1.54, 1.807) is 0 Å². The minimum Gasteiger partial charge on any atom is -0.361 e. The molecule has 0 unspecified atom stereocenters. The summed E-state index contributed by atoms with van der Waals surface area (Å²) in [6.07, 6.45) is 8.78. The van der Waals surface area contributed by atoms with E-state index in [4.69, 9.17) is 4.52 Å². The van der Waals surface area contributed by atoms with Gasteiger partial charge in [-0.15, -0.1) is 0 Å². The van der Waals surface area contributed by atoms with E-state index in [1.807, 2.05) is 20.9 Å². The molecular weight excluding hydrogens is 312 g/mol. The predicted octanol–water partition coefficient (Wildman–Crippen LogP) is 4.00. The van der Waals surface area contributed by atoms with Gasteiger partial charge in [-0.25, -0.2) is 0 Å². The Hall–Kier alpha value is -1.52. The van der Waals surface area contributed by atoms with E-state index in [0.29, 0.717) is 5.41 Å². The molecule has 1 aliphatic carbocycles. The standard InChI is InChI=1S/C20H36N4O/c1-15(2)13-20(10-6-7-11-20)14-23-19(21-5)22-12-8-9-18-16(3)24-25-17(18)4/h15H,6-14H2,1-5H3,(H2,21,22,23). The van der Waals surface area contributed by atoms with Crippen molar-refractivity contribution in [2.45, 2.75) is 72.6 Å². The van der Waals surface area contributed by atoms with Crippen molar-refractivity contribution in [2.75, 3.05) is 20.1 Å². The molecule has 0 saturated heterocycles. The van der Waals surface area contributed by atoms with Crippen LogP contribution in [0.5, 0.6) is 0 Å². The highest BCUT2D eigenvalue weighted by Crippen LogP contribution is 2.42. The van der Waals surface area contributed by atoms with Crippen molar-refractivity contribution >= 4 is 5.96 Å². The van der Waals surface area contributed by atoms with Crippen molar-refractivity contribution in [1.82, 2.24) is 15.8 Å². The Balaban J connectivity index is 1.75. The van der Waals surface area contributed by atoms with Crippen molar-refractivity contribution in [1.29, 1.82) is 0 Å². The molecule has 0 bridgehead atoms. The van der Waals surface area contributed by atoms with E-state index >= 15 is 0 Å². The molecule has 0 radical (unpaired) electrons. The number of hydrogen-bond acceptors (Lipinski definition) is 3. The summed E-state index contributed by atoms with van der Waals surface area (Å²) in [5.74, 6) is 2.62. The zero-order chi connectivity index (χ0) is 18.3. The highest BCUT2D eigenvalue weighted by atomic mass is 16.5. The summed E-state index contributed by atoms with van der Waals surface area (Å²) in [6, 6.07) is 0. The number of guanidine groups is 1. The number of hydrogen-bond donors (Lipinski definition) is 2. The molecule has 5 nitrogen and oxygen atoms in total. The van der Waals surface area contributed by atoms with Crippen LogP contribution < -0.4 is 10.6 Å². The van der Waals surface area contributed by atoms with Gasteiger partial charge >= 0.3 is 0 Å². The molecule has 0 spiro atoms. The Morgan fingerprint density at radius 2 is 1.96 bits per heavy atom. The molecule has 1 aromatic rings. The molecule has 1 fully saturated rings. The maximum absolute atomic E-state index is 5.23. The maximum Gasteiger partial charge on any atom is 0.190 e. The first-order chi connectivity index (χ1) is 12.0. The highest BCUT2D eigenvalue weighted by molar-refractivity contribution is 5.79. The van der Waals surface area contributed by atoms with Crippen molar-refractivity contribution in [3.8, 4) is 0 Å². The first kappa shape index (κ1) is 19.8. The minimum atomic E-state index is 0.461. The molecule has 2 N–H and O–H groups in total. The average molecular weight is 349 g/mol. The smallest absolute Gasteiger partial charge is 0.190 e. The topological polar surface area (TPSA) is 62.5 Å². The van der Waals surface area contributed by atoms with Gasteiger partial charge < -0.3 is 15.2 Å². The van der Waals surface area contributed by atoms with Gasteiger partial charge in [0.1, 0.15) is 5.76 Å². The van der Waals surface area contributed by atoms with Crippen LogP contribution in [0.3, 0.4) is 0 Å². The number of nitrogens with zero attached hydrogens (tertiary/aromatic N) is 2. The number of aromatic nitrogens is 1. The Labute approximate surface area is 153 Å². The number of aryl methyl sites for hydroxylation is 2. The fraction of sp³-hybridized carbons (Fsp3) is 0.800. The summed E-state index contributed by atoms with van der Waals surface area (Å²) in [6.45, 7) is 10.6. The van der Waals surface area contributed by atoms with E-state index in [-0.39, 0.29) is 0 Å². The van der Waals surface area contributed by atoms with Gasteiger partial charge in [-0.2, -0.15) is 0 Å². The van der Waals surface area contributed by atoms with Crippen LogP contribution in [-0.4, -0.2) is 31.3 Å².